The predicted octanol–water partition coefficient (Wildman–Crippen LogP) is 1.83. The van der Waals surface area contributed by atoms with Crippen LogP contribution in [0.3, 0.4) is 0 Å². The molecule has 2 unspecified atom stereocenters. The van der Waals surface area contributed by atoms with E-state index in [1.54, 1.807) is 0 Å². The average Bonchev–Trinajstić information content (AvgIpc) is 2.66. The van der Waals surface area contributed by atoms with Gasteiger partial charge in [-0.2, -0.15) is 0 Å². The molecule has 2 aliphatic rings. The fourth-order valence-electron chi connectivity index (χ4n) is 3.45. The number of hydrogen-bond acceptors (Lipinski definition) is 3. The summed E-state index contributed by atoms with van der Waals surface area (Å²) < 4.78 is 0. The smallest absolute Gasteiger partial charge is 0.0546 e. The van der Waals surface area contributed by atoms with Crippen molar-refractivity contribution in [3.8, 4) is 0 Å². The van der Waals surface area contributed by atoms with Crippen molar-refractivity contribution < 1.29 is 5.11 Å². The van der Waals surface area contributed by atoms with Crippen LogP contribution >= 0.6 is 0 Å². The van der Waals surface area contributed by atoms with Gasteiger partial charge >= 0.3 is 0 Å². The lowest BCUT2D eigenvalue weighted by Crippen LogP contribution is -2.38. The van der Waals surface area contributed by atoms with Crippen molar-refractivity contribution in [3.05, 3.63) is 35.4 Å². The van der Waals surface area contributed by atoms with Crippen LogP contribution in [0.25, 0.3) is 0 Å². The van der Waals surface area contributed by atoms with Crippen LogP contribution in [-0.4, -0.2) is 29.7 Å². The minimum atomic E-state index is -0.0541. The van der Waals surface area contributed by atoms with Gasteiger partial charge in [0.1, 0.15) is 0 Å². The van der Waals surface area contributed by atoms with Crippen molar-refractivity contribution in [2.45, 2.75) is 37.5 Å². The van der Waals surface area contributed by atoms with Gasteiger partial charge in [0.25, 0.3) is 0 Å². The Bertz CT molecular complexity index is 428. The van der Waals surface area contributed by atoms with Crippen LogP contribution in [0.4, 0.5) is 0 Å². The Morgan fingerprint density at radius 1 is 1.22 bits per heavy atom. The van der Waals surface area contributed by atoms with Crippen molar-refractivity contribution >= 4 is 0 Å². The number of aliphatic hydroxyl groups excluding tert-OH is 1. The second-order valence-electron chi connectivity index (χ2n) is 5.92. The van der Waals surface area contributed by atoms with E-state index in [0.29, 0.717) is 12.0 Å². The third kappa shape index (κ3) is 2.07. The summed E-state index contributed by atoms with van der Waals surface area (Å²) in [6, 6.07) is 9.17. The number of nitrogens with zero attached hydrogens (tertiary/aromatic N) is 1. The Balaban J connectivity index is 1.70. The van der Waals surface area contributed by atoms with Crippen molar-refractivity contribution in [2.75, 3.05) is 13.6 Å². The van der Waals surface area contributed by atoms with Gasteiger partial charge in [-0.25, -0.2) is 0 Å². The highest BCUT2D eigenvalue weighted by Gasteiger charge is 2.34. The molecule has 3 N–H and O–H groups in total. The second kappa shape index (κ2) is 4.65. The van der Waals surface area contributed by atoms with E-state index < -0.39 is 0 Å². The van der Waals surface area contributed by atoms with E-state index >= 15 is 0 Å². The van der Waals surface area contributed by atoms with Gasteiger partial charge in [-0.3, -0.25) is 4.90 Å². The highest BCUT2D eigenvalue weighted by atomic mass is 16.3. The van der Waals surface area contributed by atoms with E-state index in [0.717, 1.165) is 25.8 Å². The number of rotatable bonds is 3. The van der Waals surface area contributed by atoms with Gasteiger partial charge < -0.3 is 10.8 Å². The van der Waals surface area contributed by atoms with Crippen molar-refractivity contribution in [3.63, 3.8) is 0 Å². The third-order valence-electron chi connectivity index (χ3n) is 4.52. The molecule has 1 aromatic carbocycles. The Morgan fingerprint density at radius 2 is 1.89 bits per heavy atom. The molecule has 2 aliphatic carbocycles. The standard InChI is InChI=1S/C15H22N2O/c1-17(9-10-6-11(18)7-10)15-8-14(16)12-4-2-3-5-13(12)15/h2-5,10-11,14-15,18H,6-9,16H2,1H3. The number of aliphatic hydroxyl groups is 1. The molecule has 18 heavy (non-hydrogen) atoms. The lowest BCUT2D eigenvalue weighted by molar-refractivity contribution is 0.0216. The molecule has 0 aromatic heterocycles. The first-order valence-electron chi connectivity index (χ1n) is 6.88. The summed E-state index contributed by atoms with van der Waals surface area (Å²) in [5, 5.41) is 9.36. The third-order valence-corrected chi connectivity index (χ3v) is 4.52. The average molecular weight is 246 g/mol. The largest absolute Gasteiger partial charge is 0.393 e. The summed E-state index contributed by atoms with van der Waals surface area (Å²) in [4.78, 5) is 2.42. The molecule has 0 saturated heterocycles. The molecule has 3 rings (SSSR count). The maximum Gasteiger partial charge on any atom is 0.0546 e. The molecule has 0 spiro atoms. The second-order valence-corrected chi connectivity index (χ2v) is 5.92. The number of hydrogen-bond donors (Lipinski definition) is 2. The quantitative estimate of drug-likeness (QED) is 0.855. The predicted molar refractivity (Wildman–Crippen MR) is 72.1 cm³/mol. The van der Waals surface area contributed by atoms with Gasteiger partial charge in [-0.1, -0.05) is 24.3 Å². The first kappa shape index (κ1) is 12.2. The van der Waals surface area contributed by atoms with E-state index in [1.807, 2.05) is 0 Å². The van der Waals surface area contributed by atoms with Crippen molar-refractivity contribution in [1.29, 1.82) is 0 Å². The Hall–Kier alpha value is -0.900. The summed E-state index contributed by atoms with van der Waals surface area (Å²) in [5.74, 6) is 0.661. The molecule has 0 heterocycles. The first-order chi connectivity index (χ1) is 8.65. The van der Waals surface area contributed by atoms with Gasteiger partial charge in [0.05, 0.1) is 6.10 Å². The normalized spacial score (nSPS) is 34.4. The van der Waals surface area contributed by atoms with Crippen LogP contribution in [-0.2, 0) is 0 Å². The van der Waals surface area contributed by atoms with Gasteiger partial charge in [0, 0.05) is 18.6 Å². The van der Waals surface area contributed by atoms with Crippen LogP contribution < -0.4 is 5.73 Å². The summed E-state index contributed by atoms with van der Waals surface area (Å²) >= 11 is 0. The van der Waals surface area contributed by atoms with Gasteiger partial charge in [-0.15, -0.1) is 0 Å². The van der Waals surface area contributed by atoms with Crippen LogP contribution in [0, 0.1) is 5.92 Å². The van der Waals surface area contributed by atoms with Gasteiger partial charge in [0.2, 0.25) is 0 Å². The van der Waals surface area contributed by atoms with E-state index in [4.69, 9.17) is 5.73 Å². The van der Waals surface area contributed by atoms with E-state index in [1.165, 1.54) is 11.1 Å². The zero-order valence-electron chi connectivity index (χ0n) is 10.9. The Labute approximate surface area is 109 Å². The van der Waals surface area contributed by atoms with Gasteiger partial charge in [0.15, 0.2) is 0 Å². The molecule has 3 nitrogen and oxygen atoms in total. The van der Waals surface area contributed by atoms with Crippen molar-refractivity contribution in [1.82, 2.24) is 4.90 Å². The molecule has 98 valence electrons. The SMILES string of the molecule is CN(CC1CC(O)C1)C1CC(N)c2ccccc21. The molecule has 3 heteroatoms. The monoisotopic (exact) mass is 246 g/mol. The minimum absolute atomic E-state index is 0.0541. The van der Waals surface area contributed by atoms with E-state index in [9.17, 15) is 5.11 Å². The highest BCUT2D eigenvalue weighted by molar-refractivity contribution is 5.37. The fraction of sp³-hybridized carbons (Fsp3) is 0.600. The van der Waals surface area contributed by atoms with Crippen LogP contribution in [0.1, 0.15) is 42.5 Å². The molecule has 2 atom stereocenters. The zero-order valence-corrected chi connectivity index (χ0v) is 10.9. The topological polar surface area (TPSA) is 49.5 Å². The van der Waals surface area contributed by atoms with E-state index in [-0.39, 0.29) is 12.1 Å². The maximum absolute atomic E-state index is 9.36. The summed E-state index contributed by atoms with van der Waals surface area (Å²) in [7, 11) is 2.18. The van der Waals surface area contributed by atoms with Crippen LogP contribution in [0.5, 0.6) is 0 Å². The summed E-state index contributed by atoms with van der Waals surface area (Å²) in [6.07, 6.45) is 2.89. The first-order valence-corrected chi connectivity index (χ1v) is 6.88. The Morgan fingerprint density at radius 3 is 2.56 bits per heavy atom. The van der Waals surface area contributed by atoms with Gasteiger partial charge in [-0.05, 0) is 43.4 Å². The van der Waals surface area contributed by atoms with E-state index in [2.05, 4.69) is 36.2 Å². The highest BCUT2D eigenvalue weighted by Crippen LogP contribution is 2.41. The maximum atomic E-state index is 9.36. The minimum Gasteiger partial charge on any atom is -0.393 e. The Kier molecular flexibility index (Phi) is 3.14. The van der Waals surface area contributed by atoms with Crippen molar-refractivity contribution in [2.24, 2.45) is 11.7 Å². The molecule has 1 fully saturated rings. The summed E-state index contributed by atoms with van der Waals surface area (Å²) in [5.41, 5.74) is 8.91. The molecular formula is C15H22N2O. The molecule has 0 aliphatic heterocycles. The molecule has 0 radical (unpaired) electrons. The molecule has 1 saturated carbocycles. The number of nitrogens with two attached hydrogens (primary N) is 1. The number of fused-ring (bicyclic) bond motifs is 1. The number of benzene rings is 1. The lowest BCUT2D eigenvalue weighted by atomic mass is 9.82. The molecule has 0 amide bonds. The van der Waals surface area contributed by atoms with Crippen LogP contribution in [0.2, 0.25) is 0 Å². The fourth-order valence-corrected chi connectivity index (χ4v) is 3.45. The zero-order chi connectivity index (χ0) is 12.7. The lowest BCUT2D eigenvalue weighted by Gasteiger charge is -2.36. The molecule has 1 aromatic rings. The molecule has 0 bridgehead atoms. The summed E-state index contributed by atoms with van der Waals surface area (Å²) in [6.45, 7) is 1.07. The van der Waals surface area contributed by atoms with Crippen LogP contribution in [0.15, 0.2) is 24.3 Å². The molecular weight excluding hydrogens is 224 g/mol.